The second-order valence-electron chi connectivity index (χ2n) is 2.70. The zero-order valence-electron chi connectivity index (χ0n) is 10.1. The van der Waals surface area contributed by atoms with E-state index in [0.717, 1.165) is 6.42 Å². The van der Waals surface area contributed by atoms with E-state index >= 15 is 0 Å². The summed E-state index contributed by atoms with van der Waals surface area (Å²) in [6, 6.07) is 0. The van der Waals surface area contributed by atoms with Gasteiger partial charge in [-0.1, -0.05) is 32.6 Å². The van der Waals surface area contributed by atoms with Crippen LogP contribution in [0.4, 0.5) is 0 Å². The van der Waals surface area contributed by atoms with Crippen molar-refractivity contribution < 1.29 is 28.3 Å². The fourth-order valence-corrected chi connectivity index (χ4v) is 1.25. The third kappa shape index (κ3) is 38.7. The highest BCUT2D eigenvalue weighted by Crippen LogP contribution is 2.30. The highest BCUT2D eigenvalue weighted by molar-refractivity contribution is 7.46. The van der Waals surface area contributed by atoms with E-state index in [1.165, 1.54) is 25.7 Å². The second kappa shape index (κ2) is 21.3. The molecule has 0 amide bonds. The molecule has 0 aromatic rings. The van der Waals surface area contributed by atoms with Crippen molar-refractivity contribution in [2.75, 3.05) is 6.61 Å². The Morgan fingerprint density at radius 1 is 0.941 bits per heavy atom. The Morgan fingerprint density at radius 2 is 1.35 bits per heavy atom. The van der Waals surface area contributed by atoms with Crippen LogP contribution in [0.15, 0.2) is 0 Å². The van der Waals surface area contributed by atoms with Crippen LogP contribution in [-0.2, 0) is 13.4 Å². The molecule has 0 aliphatic heterocycles. The normalized spacial score (nSPS) is 10.1. The number of rotatable bonds is 7. The molecule has 17 heavy (non-hydrogen) atoms. The zero-order valence-corrected chi connectivity index (χ0v) is 11.9. The van der Waals surface area contributed by atoms with Gasteiger partial charge < -0.3 is 17.4 Å². The van der Waals surface area contributed by atoms with Gasteiger partial charge in [0, 0.05) is 15.7 Å². The molecule has 0 bridgehead atoms. The van der Waals surface area contributed by atoms with E-state index in [1.54, 1.807) is 0 Å². The van der Waals surface area contributed by atoms with Gasteiger partial charge in [0.05, 0.1) is 0 Å². The first-order valence-corrected chi connectivity index (χ1v) is 6.91. The van der Waals surface area contributed by atoms with Crippen molar-refractivity contribution in [3.05, 3.63) is 0 Å². The molecule has 0 aromatic carbocycles. The van der Waals surface area contributed by atoms with Crippen LogP contribution >= 0.6 is 16.5 Å². The molecule has 0 aromatic heterocycles. The number of unbranched alkanes of at least 4 members (excludes halogenated alkanes) is 4. The van der Waals surface area contributed by atoms with Crippen molar-refractivity contribution in [1.82, 2.24) is 12.3 Å². The first kappa shape index (κ1) is 25.7. The highest BCUT2D eigenvalue weighted by atomic mass is 31.2. The van der Waals surface area contributed by atoms with Gasteiger partial charge in [0.25, 0.3) is 0 Å². The van der Waals surface area contributed by atoms with Gasteiger partial charge in [-0.15, -0.1) is 9.79 Å². The summed E-state index contributed by atoms with van der Waals surface area (Å²) < 4.78 is 22.2. The summed E-state index contributed by atoms with van der Waals surface area (Å²) in [5.74, 6) is 0. The maximum atomic E-state index is 9.39. The Bertz CT molecular complexity index is 166. The first-order valence-electron chi connectivity index (χ1n) is 4.65. The molecule has 106 valence electrons. The molecule has 0 fully saturated rings. The van der Waals surface area contributed by atoms with Crippen LogP contribution in [0.1, 0.15) is 39.0 Å². The quantitative estimate of drug-likeness (QED) is 0.351. The molecule has 0 spiro atoms. The minimum atomic E-state index is -2.92. The molecule has 2 unspecified atom stereocenters. The number of aliphatic hydroxyl groups excluding tert-OH is 1. The Morgan fingerprint density at radius 3 is 1.59 bits per heavy atom. The van der Waals surface area contributed by atoms with Crippen LogP contribution in [0.2, 0.25) is 0 Å². The number of hydrogen-bond acceptors (Lipinski definition) is 6. The fraction of sp³-hybridized carbons (Fsp3) is 1.00. The van der Waals surface area contributed by atoms with E-state index in [9.17, 15) is 9.13 Å². The molecular weight excluding hydrogens is 270 g/mol. The van der Waals surface area contributed by atoms with E-state index in [-0.39, 0.29) is 12.3 Å². The van der Waals surface area contributed by atoms with Crippen molar-refractivity contribution in [2.24, 2.45) is 0 Å². The third-order valence-corrected chi connectivity index (χ3v) is 2.52. The van der Waals surface area contributed by atoms with Crippen molar-refractivity contribution in [1.29, 1.82) is 0 Å². The maximum absolute atomic E-state index is 9.39. The van der Waals surface area contributed by atoms with Crippen LogP contribution in [-0.4, -0.2) is 21.5 Å². The molecule has 10 heteroatoms. The van der Waals surface area contributed by atoms with Crippen LogP contribution in [0.3, 0.4) is 0 Å². The summed E-state index contributed by atoms with van der Waals surface area (Å²) >= 11 is 0. The van der Waals surface area contributed by atoms with Gasteiger partial charge in [-0.05, 0) is 6.42 Å². The molecule has 0 saturated carbocycles. The topological polar surface area (TPSA) is 174 Å². The predicted molar refractivity (Wildman–Crippen MR) is 66.6 cm³/mol. The van der Waals surface area contributed by atoms with Crippen LogP contribution in [0.5, 0.6) is 0 Å². The lowest BCUT2D eigenvalue weighted by Crippen LogP contribution is -1.81. The minimum Gasteiger partial charge on any atom is -0.396 e. The fourth-order valence-electron chi connectivity index (χ4n) is 0.775. The summed E-state index contributed by atoms with van der Waals surface area (Å²) in [7, 11) is -5.85. The molecular formula is C7H24N2O6P2+2. The number of aliphatic hydroxyl groups is 1. The van der Waals surface area contributed by atoms with Crippen LogP contribution < -0.4 is 12.3 Å². The molecule has 9 N–H and O–H groups in total. The average Bonchev–Trinajstić information content (AvgIpc) is 2.11. The van der Waals surface area contributed by atoms with Gasteiger partial charge in [-0.3, -0.25) is 0 Å². The van der Waals surface area contributed by atoms with Gasteiger partial charge >= 0.3 is 16.5 Å². The van der Waals surface area contributed by atoms with Crippen molar-refractivity contribution >= 4 is 16.5 Å². The average molecular weight is 294 g/mol. The standard InChI is InChI=1S/C7H16O.2H3N.O5P2/c1-2-3-4-5-6-7-8;;;1-6(2)5-7(3)4/h8H,2-7H2,1H3;2*1H3;/p+2. The Kier molecular flexibility index (Phi) is 32.2. The van der Waals surface area contributed by atoms with Crippen molar-refractivity contribution in [2.45, 2.75) is 39.0 Å². The largest absolute Gasteiger partial charge is 0.745 e. The molecule has 0 aliphatic rings. The van der Waals surface area contributed by atoms with E-state index in [4.69, 9.17) is 14.9 Å². The molecule has 0 aliphatic carbocycles. The Balaban J connectivity index is -0.0000000896. The summed E-state index contributed by atoms with van der Waals surface area (Å²) in [6.45, 7) is 2.56. The molecule has 0 saturated heterocycles. The van der Waals surface area contributed by atoms with E-state index in [2.05, 4.69) is 11.2 Å². The lowest BCUT2D eigenvalue weighted by molar-refractivity contribution is 0.282. The van der Waals surface area contributed by atoms with Gasteiger partial charge in [0.2, 0.25) is 0 Å². The highest BCUT2D eigenvalue weighted by Gasteiger charge is 2.31. The molecule has 2 atom stereocenters. The van der Waals surface area contributed by atoms with Crippen molar-refractivity contribution in [3.8, 4) is 0 Å². The van der Waals surface area contributed by atoms with Gasteiger partial charge in [-0.2, -0.15) is 0 Å². The molecule has 0 rings (SSSR count). The van der Waals surface area contributed by atoms with Gasteiger partial charge in [0.15, 0.2) is 4.31 Å². The predicted octanol–water partition coefficient (Wildman–Crippen LogP) is 2.58. The monoisotopic (exact) mass is 294 g/mol. The van der Waals surface area contributed by atoms with Gasteiger partial charge in [0.1, 0.15) is 0 Å². The summed E-state index contributed by atoms with van der Waals surface area (Å²) in [5.41, 5.74) is 0. The van der Waals surface area contributed by atoms with E-state index < -0.39 is 16.5 Å². The second-order valence-corrected chi connectivity index (χ2v) is 4.30. The van der Waals surface area contributed by atoms with Gasteiger partial charge in [-0.25, -0.2) is 0 Å². The summed E-state index contributed by atoms with van der Waals surface area (Å²) in [6.07, 6.45) is 6.08. The lowest BCUT2D eigenvalue weighted by Gasteiger charge is -1.93. The zero-order chi connectivity index (χ0) is 12.1. The molecule has 8 nitrogen and oxygen atoms in total. The third-order valence-electron chi connectivity index (χ3n) is 1.40. The van der Waals surface area contributed by atoms with Crippen LogP contribution in [0.25, 0.3) is 0 Å². The Labute approximate surface area is 103 Å². The first-order chi connectivity index (χ1) is 7.04. The smallest absolute Gasteiger partial charge is 0.396 e. The van der Waals surface area contributed by atoms with E-state index in [1.807, 2.05) is 0 Å². The SMILES string of the molecule is CCCCCCCO.N.N.O=[P+](O)O[P+](=O)O. The number of hydrogen-bond donors (Lipinski definition) is 5. The van der Waals surface area contributed by atoms with Crippen LogP contribution in [0, 0.1) is 0 Å². The summed E-state index contributed by atoms with van der Waals surface area (Å²) in [4.78, 5) is 15.3. The Hall–Kier alpha value is -0.0400. The lowest BCUT2D eigenvalue weighted by atomic mass is 10.2. The summed E-state index contributed by atoms with van der Waals surface area (Å²) in [5, 5.41) is 8.37. The molecule has 0 heterocycles. The van der Waals surface area contributed by atoms with Crippen molar-refractivity contribution in [3.63, 3.8) is 0 Å². The molecule has 0 radical (unpaired) electrons. The maximum Gasteiger partial charge on any atom is 0.745 e. The van der Waals surface area contributed by atoms with E-state index in [0.29, 0.717) is 6.61 Å². The minimum absolute atomic E-state index is 0.